The molecule has 0 N–H and O–H groups in total. The molecule has 2 heterocycles. The molecule has 1 aliphatic rings. The summed E-state index contributed by atoms with van der Waals surface area (Å²) in [6.07, 6.45) is 8.53. The lowest BCUT2D eigenvalue weighted by molar-refractivity contribution is -0.135. The average molecular weight is 354 g/mol. The monoisotopic (exact) mass is 354 g/mol. The fraction of sp³-hybridized carbons (Fsp3) is 0.524. The Morgan fingerprint density at radius 2 is 2.04 bits per heavy atom. The number of piperidine rings is 1. The van der Waals surface area contributed by atoms with Gasteiger partial charge in [0.1, 0.15) is 0 Å². The molecule has 5 heteroatoms. The highest BCUT2D eigenvalue weighted by Gasteiger charge is 2.27. The molecule has 0 spiro atoms. The van der Waals surface area contributed by atoms with Gasteiger partial charge in [-0.25, -0.2) is 0 Å². The van der Waals surface area contributed by atoms with Crippen LogP contribution in [0.3, 0.4) is 0 Å². The highest BCUT2D eigenvalue weighted by molar-refractivity contribution is 5.76. The number of carbonyl (C=O) groups excluding carboxylic acids is 1. The fourth-order valence-electron chi connectivity index (χ4n) is 3.76. The van der Waals surface area contributed by atoms with Crippen molar-refractivity contribution in [2.45, 2.75) is 51.2 Å². The predicted molar refractivity (Wildman–Crippen MR) is 104 cm³/mol. The Morgan fingerprint density at radius 3 is 2.73 bits per heavy atom. The van der Waals surface area contributed by atoms with Gasteiger partial charge in [0.25, 0.3) is 0 Å². The molecule has 1 atom stereocenters. The molecule has 1 aromatic heterocycles. The van der Waals surface area contributed by atoms with E-state index in [1.807, 2.05) is 16.9 Å². The molecule has 140 valence electrons. The molecule has 5 nitrogen and oxygen atoms in total. The van der Waals surface area contributed by atoms with E-state index in [2.05, 4.69) is 53.3 Å². The molecule has 2 aromatic rings. The van der Waals surface area contributed by atoms with E-state index in [-0.39, 0.29) is 11.9 Å². The van der Waals surface area contributed by atoms with Crippen molar-refractivity contribution < 1.29 is 4.79 Å². The maximum Gasteiger partial charge on any atom is 0.223 e. The zero-order chi connectivity index (χ0) is 18.4. The van der Waals surface area contributed by atoms with Gasteiger partial charge in [-0.05, 0) is 57.0 Å². The van der Waals surface area contributed by atoms with Gasteiger partial charge in [-0.2, -0.15) is 5.10 Å². The molecule has 1 aliphatic heterocycles. The lowest BCUT2D eigenvalue weighted by Crippen LogP contribution is -2.38. The normalized spacial score (nSPS) is 17.7. The Kier molecular flexibility index (Phi) is 6.45. The molecule has 0 bridgehead atoms. The van der Waals surface area contributed by atoms with E-state index in [0.717, 1.165) is 38.9 Å². The van der Waals surface area contributed by atoms with Gasteiger partial charge in [-0.15, -0.1) is 0 Å². The first-order valence-electron chi connectivity index (χ1n) is 9.64. The van der Waals surface area contributed by atoms with Gasteiger partial charge < -0.3 is 9.80 Å². The Bertz CT molecular complexity index is 679. The second-order valence-corrected chi connectivity index (χ2v) is 7.45. The smallest absolute Gasteiger partial charge is 0.223 e. The molecule has 1 fully saturated rings. The van der Waals surface area contributed by atoms with Crippen molar-refractivity contribution in [2.75, 3.05) is 20.6 Å². The van der Waals surface area contributed by atoms with Crippen molar-refractivity contribution in [2.24, 2.45) is 0 Å². The lowest BCUT2D eigenvalue weighted by atomic mass is 9.94. The number of aromatic nitrogens is 2. The summed E-state index contributed by atoms with van der Waals surface area (Å²) >= 11 is 0. The topological polar surface area (TPSA) is 41.4 Å². The number of hydrogen-bond donors (Lipinski definition) is 0. The maximum atomic E-state index is 12.8. The second-order valence-electron chi connectivity index (χ2n) is 7.45. The maximum absolute atomic E-state index is 12.8. The molecule has 1 aromatic carbocycles. The van der Waals surface area contributed by atoms with Crippen LogP contribution in [-0.2, 0) is 17.9 Å². The standard InChI is InChI=1S/C21H30N4O/c1-23(2)17-18-9-11-19(12-10-18)20-7-3-4-16-25(20)21(26)8-5-14-24-15-6-13-22-24/h6,9-13,15,20H,3-5,7-8,14,16-17H2,1-2H3/t20-/m0/s1. The molecule has 1 amide bonds. The summed E-state index contributed by atoms with van der Waals surface area (Å²) in [7, 11) is 4.16. The molecule has 1 saturated heterocycles. The van der Waals surface area contributed by atoms with Crippen molar-refractivity contribution in [1.82, 2.24) is 19.6 Å². The van der Waals surface area contributed by atoms with E-state index in [1.165, 1.54) is 17.5 Å². The molecule has 0 unspecified atom stereocenters. The van der Waals surface area contributed by atoms with Crippen LogP contribution in [0.5, 0.6) is 0 Å². The highest BCUT2D eigenvalue weighted by Crippen LogP contribution is 2.31. The molecule has 0 radical (unpaired) electrons. The third kappa shape index (κ3) is 4.94. The van der Waals surface area contributed by atoms with Gasteiger partial charge in [0, 0.05) is 38.4 Å². The summed E-state index contributed by atoms with van der Waals surface area (Å²) < 4.78 is 1.89. The summed E-state index contributed by atoms with van der Waals surface area (Å²) in [5.41, 5.74) is 2.58. The van der Waals surface area contributed by atoms with Gasteiger partial charge in [0.2, 0.25) is 5.91 Å². The second kappa shape index (κ2) is 8.99. The summed E-state index contributed by atoms with van der Waals surface area (Å²) in [6, 6.07) is 11.0. The third-order valence-corrected chi connectivity index (χ3v) is 5.02. The van der Waals surface area contributed by atoms with E-state index in [0.29, 0.717) is 6.42 Å². The minimum Gasteiger partial charge on any atom is -0.336 e. The molecule has 26 heavy (non-hydrogen) atoms. The van der Waals surface area contributed by atoms with Gasteiger partial charge in [0.15, 0.2) is 0 Å². The Hall–Kier alpha value is -2.14. The van der Waals surface area contributed by atoms with Gasteiger partial charge >= 0.3 is 0 Å². The van der Waals surface area contributed by atoms with Crippen LogP contribution >= 0.6 is 0 Å². The van der Waals surface area contributed by atoms with Crippen molar-refractivity contribution in [1.29, 1.82) is 0 Å². The van der Waals surface area contributed by atoms with Crippen LogP contribution in [0, 0.1) is 0 Å². The van der Waals surface area contributed by atoms with Gasteiger partial charge in [-0.3, -0.25) is 9.48 Å². The van der Waals surface area contributed by atoms with E-state index in [9.17, 15) is 4.79 Å². The summed E-state index contributed by atoms with van der Waals surface area (Å²) in [4.78, 5) is 17.1. The lowest BCUT2D eigenvalue weighted by Gasteiger charge is -2.36. The Balaban J connectivity index is 1.60. The van der Waals surface area contributed by atoms with E-state index in [4.69, 9.17) is 0 Å². The molecular weight excluding hydrogens is 324 g/mol. The van der Waals surface area contributed by atoms with Gasteiger partial charge in [0.05, 0.1) is 6.04 Å². The molecular formula is C21H30N4O. The number of aryl methyl sites for hydroxylation is 1. The molecule has 0 aliphatic carbocycles. The first kappa shape index (κ1) is 18.6. The number of carbonyl (C=O) groups is 1. The van der Waals surface area contributed by atoms with E-state index < -0.39 is 0 Å². The minimum atomic E-state index is 0.231. The van der Waals surface area contributed by atoms with Crippen LogP contribution in [0.25, 0.3) is 0 Å². The minimum absolute atomic E-state index is 0.231. The van der Waals surface area contributed by atoms with Crippen molar-refractivity contribution >= 4 is 5.91 Å². The van der Waals surface area contributed by atoms with Crippen LogP contribution in [-0.4, -0.2) is 46.1 Å². The van der Waals surface area contributed by atoms with Crippen LogP contribution in [0.4, 0.5) is 0 Å². The summed E-state index contributed by atoms with van der Waals surface area (Å²) in [5, 5.41) is 4.21. The zero-order valence-corrected chi connectivity index (χ0v) is 16.0. The highest BCUT2D eigenvalue weighted by atomic mass is 16.2. The Morgan fingerprint density at radius 1 is 1.23 bits per heavy atom. The number of benzene rings is 1. The number of likely N-dealkylation sites (tertiary alicyclic amines) is 1. The quantitative estimate of drug-likeness (QED) is 0.764. The van der Waals surface area contributed by atoms with Crippen molar-refractivity contribution in [3.8, 4) is 0 Å². The predicted octanol–water partition coefficient (Wildman–Crippen LogP) is 3.48. The number of nitrogens with zero attached hydrogens (tertiary/aromatic N) is 4. The van der Waals surface area contributed by atoms with Crippen molar-refractivity contribution in [3.63, 3.8) is 0 Å². The number of rotatable bonds is 7. The van der Waals surface area contributed by atoms with E-state index in [1.54, 1.807) is 6.20 Å². The molecule has 3 rings (SSSR count). The van der Waals surface area contributed by atoms with Gasteiger partial charge in [-0.1, -0.05) is 24.3 Å². The first-order chi connectivity index (χ1) is 12.6. The fourth-order valence-corrected chi connectivity index (χ4v) is 3.76. The summed E-state index contributed by atoms with van der Waals surface area (Å²) in [5.74, 6) is 0.277. The first-order valence-corrected chi connectivity index (χ1v) is 9.64. The largest absolute Gasteiger partial charge is 0.336 e. The van der Waals surface area contributed by atoms with Crippen LogP contribution < -0.4 is 0 Å². The van der Waals surface area contributed by atoms with Crippen LogP contribution in [0.2, 0.25) is 0 Å². The zero-order valence-electron chi connectivity index (χ0n) is 16.0. The third-order valence-electron chi connectivity index (χ3n) is 5.02. The van der Waals surface area contributed by atoms with E-state index >= 15 is 0 Å². The number of hydrogen-bond acceptors (Lipinski definition) is 3. The van der Waals surface area contributed by atoms with Crippen LogP contribution in [0.1, 0.15) is 49.3 Å². The Labute approximate surface area is 156 Å². The van der Waals surface area contributed by atoms with Crippen LogP contribution in [0.15, 0.2) is 42.7 Å². The average Bonchev–Trinajstić information content (AvgIpc) is 3.15. The molecule has 0 saturated carbocycles. The summed E-state index contributed by atoms with van der Waals surface area (Å²) in [6.45, 7) is 2.63. The van der Waals surface area contributed by atoms with Crippen molar-refractivity contribution in [3.05, 3.63) is 53.9 Å². The number of amides is 1. The SMILES string of the molecule is CN(C)Cc1ccc([C@@H]2CCCCN2C(=O)CCCn2cccn2)cc1.